The minimum absolute atomic E-state index is 0.761. The van der Waals surface area contributed by atoms with Crippen LogP contribution >= 0.6 is 22.9 Å². The summed E-state index contributed by atoms with van der Waals surface area (Å²) in [5.74, 6) is 0. The molecule has 0 aliphatic rings. The summed E-state index contributed by atoms with van der Waals surface area (Å²) < 4.78 is 1.17. The van der Waals surface area contributed by atoms with Gasteiger partial charge in [-0.1, -0.05) is 22.8 Å². The van der Waals surface area contributed by atoms with Gasteiger partial charge in [0, 0.05) is 9.72 Å². The molecule has 4 heteroatoms. The summed E-state index contributed by atoms with van der Waals surface area (Å²) in [6, 6.07) is 7.96. The van der Waals surface area contributed by atoms with E-state index in [1.54, 1.807) is 18.4 Å². The quantitative estimate of drug-likeness (QED) is 0.575. The zero-order chi connectivity index (χ0) is 10.8. The Balaban J connectivity index is 2.52. The molecule has 0 amide bonds. The number of oxime groups is 1. The van der Waals surface area contributed by atoms with Crippen molar-refractivity contribution in [2.24, 2.45) is 5.16 Å². The molecule has 1 aromatic heterocycles. The van der Waals surface area contributed by atoms with Gasteiger partial charge in [-0.2, -0.15) is 0 Å². The van der Waals surface area contributed by atoms with Crippen LogP contribution in [-0.4, -0.2) is 12.8 Å². The van der Waals surface area contributed by atoms with Crippen LogP contribution in [0.5, 0.6) is 0 Å². The van der Waals surface area contributed by atoms with Crippen LogP contribution in [0.1, 0.15) is 11.8 Å². The van der Waals surface area contributed by atoms with Gasteiger partial charge in [-0.3, -0.25) is 0 Å². The molecule has 15 heavy (non-hydrogen) atoms. The van der Waals surface area contributed by atoms with Crippen LogP contribution in [-0.2, 0) is 4.84 Å². The van der Waals surface area contributed by atoms with Crippen LogP contribution < -0.4 is 0 Å². The lowest BCUT2D eigenvalue weighted by Crippen LogP contribution is -1.89. The van der Waals surface area contributed by atoms with Crippen LogP contribution in [0.3, 0.4) is 0 Å². The molecule has 0 atom stereocenters. The van der Waals surface area contributed by atoms with Gasteiger partial charge in [0.15, 0.2) is 0 Å². The number of fused-ring (bicyclic) bond motifs is 1. The molecule has 1 heterocycles. The molecule has 2 nitrogen and oxygen atoms in total. The van der Waals surface area contributed by atoms with Crippen LogP contribution in [0.25, 0.3) is 10.1 Å². The lowest BCUT2D eigenvalue weighted by atomic mass is 10.2. The maximum atomic E-state index is 5.92. The van der Waals surface area contributed by atoms with E-state index in [4.69, 9.17) is 16.4 Å². The first-order chi connectivity index (χ1) is 7.20. The molecule has 0 aliphatic heterocycles. The monoisotopic (exact) mass is 239 g/mol. The molecule has 0 N–H and O–H groups in total. The van der Waals surface area contributed by atoms with E-state index in [0.29, 0.717) is 0 Å². The van der Waals surface area contributed by atoms with Gasteiger partial charge < -0.3 is 4.84 Å². The summed E-state index contributed by atoms with van der Waals surface area (Å²) in [5, 5.41) is 5.85. The van der Waals surface area contributed by atoms with Gasteiger partial charge in [0.2, 0.25) is 0 Å². The molecule has 0 radical (unpaired) electrons. The van der Waals surface area contributed by atoms with Gasteiger partial charge >= 0.3 is 0 Å². The van der Waals surface area contributed by atoms with E-state index in [9.17, 15) is 0 Å². The Morgan fingerprint density at radius 1 is 1.40 bits per heavy atom. The summed E-state index contributed by atoms with van der Waals surface area (Å²) in [4.78, 5) is 5.85. The van der Waals surface area contributed by atoms with Crippen LogP contribution in [0.2, 0.25) is 5.02 Å². The van der Waals surface area contributed by atoms with Crippen molar-refractivity contribution in [2.45, 2.75) is 6.92 Å². The van der Waals surface area contributed by atoms with Gasteiger partial charge in [-0.15, -0.1) is 11.3 Å². The van der Waals surface area contributed by atoms with Gasteiger partial charge in [-0.25, -0.2) is 0 Å². The third kappa shape index (κ3) is 2.13. The Hall–Kier alpha value is -1.06. The topological polar surface area (TPSA) is 21.6 Å². The van der Waals surface area contributed by atoms with Gasteiger partial charge in [-0.05, 0) is 30.5 Å². The lowest BCUT2D eigenvalue weighted by molar-refractivity contribution is 0.213. The average Bonchev–Trinajstić information content (AvgIpc) is 2.60. The molecular weight excluding hydrogens is 230 g/mol. The molecule has 0 saturated carbocycles. The Labute approximate surface area is 97.1 Å². The molecule has 0 spiro atoms. The number of benzene rings is 1. The second kappa shape index (κ2) is 4.21. The number of hydrogen-bond acceptors (Lipinski definition) is 3. The molecule has 2 aromatic rings. The number of halogens is 1. The molecule has 78 valence electrons. The second-order valence-corrected chi connectivity index (χ2v) is 4.67. The molecule has 0 bridgehead atoms. The third-order valence-electron chi connectivity index (χ3n) is 2.07. The standard InChI is InChI=1S/C11H10ClNOS/c1-7(13-14-2)10-5-8-3-4-9(12)6-11(8)15-10/h3-6H,1-2H3/b13-7+. The van der Waals surface area contributed by atoms with Crippen molar-refractivity contribution in [3.63, 3.8) is 0 Å². The summed E-state index contributed by atoms with van der Waals surface area (Å²) in [6.45, 7) is 1.93. The number of nitrogens with zero attached hydrogens (tertiary/aromatic N) is 1. The maximum Gasteiger partial charge on any atom is 0.106 e. The van der Waals surface area contributed by atoms with Crippen molar-refractivity contribution < 1.29 is 4.84 Å². The largest absolute Gasteiger partial charge is 0.399 e. The van der Waals surface area contributed by atoms with Crippen LogP contribution in [0, 0.1) is 0 Å². The van der Waals surface area contributed by atoms with E-state index in [1.807, 2.05) is 25.1 Å². The molecule has 2 rings (SSSR count). The first-order valence-electron chi connectivity index (χ1n) is 4.48. The first-order valence-corrected chi connectivity index (χ1v) is 5.67. The predicted octanol–water partition coefficient (Wildman–Crippen LogP) is 3.93. The number of rotatable bonds is 2. The lowest BCUT2D eigenvalue weighted by Gasteiger charge is -1.92. The van der Waals surface area contributed by atoms with E-state index in [1.165, 1.54) is 10.1 Å². The normalized spacial score (nSPS) is 12.1. The molecule has 1 aromatic carbocycles. The highest BCUT2D eigenvalue weighted by atomic mass is 35.5. The van der Waals surface area contributed by atoms with Crippen molar-refractivity contribution in [3.05, 3.63) is 34.2 Å². The van der Waals surface area contributed by atoms with E-state index < -0.39 is 0 Å². The Kier molecular flexibility index (Phi) is 2.93. The second-order valence-electron chi connectivity index (χ2n) is 3.15. The zero-order valence-electron chi connectivity index (χ0n) is 8.45. The summed E-state index contributed by atoms with van der Waals surface area (Å²) in [5.41, 5.74) is 0.884. The predicted molar refractivity (Wildman–Crippen MR) is 66.1 cm³/mol. The fourth-order valence-corrected chi connectivity index (χ4v) is 2.64. The summed E-state index contributed by atoms with van der Waals surface area (Å²) in [6.07, 6.45) is 0. The first kappa shape index (κ1) is 10.5. The molecular formula is C11H10ClNOS. The zero-order valence-corrected chi connectivity index (χ0v) is 10.0. The number of thiophene rings is 1. The van der Waals surface area contributed by atoms with Crippen molar-refractivity contribution in [1.82, 2.24) is 0 Å². The van der Waals surface area contributed by atoms with E-state index in [0.717, 1.165) is 15.6 Å². The van der Waals surface area contributed by atoms with Crippen molar-refractivity contribution >= 4 is 38.7 Å². The van der Waals surface area contributed by atoms with Crippen molar-refractivity contribution in [2.75, 3.05) is 7.11 Å². The van der Waals surface area contributed by atoms with Crippen LogP contribution in [0.4, 0.5) is 0 Å². The average molecular weight is 240 g/mol. The SMILES string of the molecule is CO/N=C(\C)c1cc2ccc(Cl)cc2s1. The van der Waals surface area contributed by atoms with E-state index in [2.05, 4.69) is 11.2 Å². The Bertz CT molecular complexity index is 518. The highest BCUT2D eigenvalue weighted by Crippen LogP contribution is 2.28. The van der Waals surface area contributed by atoms with Gasteiger partial charge in [0.05, 0.1) is 10.6 Å². The number of hydrogen-bond donors (Lipinski definition) is 0. The Morgan fingerprint density at radius 2 is 2.20 bits per heavy atom. The van der Waals surface area contributed by atoms with Crippen molar-refractivity contribution in [1.29, 1.82) is 0 Å². The fourth-order valence-electron chi connectivity index (χ4n) is 1.37. The smallest absolute Gasteiger partial charge is 0.106 e. The van der Waals surface area contributed by atoms with Crippen LogP contribution in [0.15, 0.2) is 29.4 Å². The highest BCUT2D eigenvalue weighted by molar-refractivity contribution is 7.20. The van der Waals surface area contributed by atoms with Gasteiger partial charge in [0.25, 0.3) is 0 Å². The molecule has 0 fully saturated rings. The molecule has 0 aliphatic carbocycles. The van der Waals surface area contributed by atoms with E-state index in [-0.39, 0.29) is 0 Å². The van der Waals surface area contributed by atoms with E-state index >= 15 is 0 Å². The fraction of sp³-hybridized carbons (Fsp3) is 0.182. The van der Waals surface area contributed by atoms with Crippen molar-refractivity contribution in [3.8, 4) is 0 Å². The Morgan fingerprint density at radius 3 is 2.93 bits per heavy atom. The van der Waals surface area contributed by atoms with Gasteiger partial charge in [0.1, 0.15) is 7.11 Å². The summed E-state index contributed by atoms with van der Waals surface area (Å²) in [7, 11) is 1.55. The minimum Gasteiger partial charge on any atom is -0.399 e. The molecule has 0 unspecified atom stereocenters. The third-order valence-corrected chi connectivity index (χ3v) is 3.51. The highest BCUT2D eigenvalue weighted by Gasteiger charge is 2.05. The maximum absolute atomic E-state index is 5.92. The molecule has 0 saturated heterocycles. The summed E-state index contributed by atoms with van der Waals surface area (Å²) >= 11 is 7.58. The minimum atomic E-state index is 0.761.